The number of rotatable bonds is 9. The van der Waals surface area contributed by atoms with Gasteiger partial charge < -0.3 is 24.1 Å². The van der Waals surface area contributed by atoms with Crippen molar-refractivity contribution in [2.24, 2.45) is 0 Å². The van der Waals surface area contributed by atoms with Crippen molar-refractivity contribution in [2.45, 2.75) is 40.2 Å². The topological polar surface area (TPSA) is 145 Å². The highest BCUT2D eigenvalue weighted by Gasteiger charge is 2.24. The zero-order valence-electron chi connectivity index (χ0n) is 22.5. The molecule has 0 bridgehead atoms. The lowest BCUT2D eigenvalue weighted by atomic mass is 10.0. The predicted octanol–water partition coefficient (Wildman–Crippen LogP) is 5.15. The Balaban J connectivity index is 1.97. The molecular formula is C27H31N3O8S. The molecule has 0 radical (unpaired) electrons. The highest BCUT2D eigenvalue weighted by molar-refractivity contribution is 7.13. The number of aromatic carboxylic acids is 1. The molecule has 0 saturated carbocycles. The van der Waals surface area contributed by atoms with Crippen LogP contribution in [0.3, 0.4) is 0 Å². The number of carboxylic acids is 1. The van der Waals surface area contributed by atoms with Crippen LogP contribution < -0.4 is 25.1 Å². The van der Waals surface area contributed by atoms with Gasteiger partial charge in [-0.15, -0.1) is 11.3 Å². The third kappa shape index (κ3) is 7.38. The second-order valence-corrected chi connectivity index (χ2v) is 9.91. The van der Waals surface area contributed by atoms with E-state index in [4.69, 9.17) is 18.9 Å². The van der Waals surface area contributed by atoms with Crippen molar-refractivity contribution in [1.82, 2.24) is 15.8 Å². The van der Waals surface area contributed by atoms with E-state index in [0.29, 0.717) is 41.0 Å². The van der Waals surface area contributed by atoms with E-state index in [1.165, 1.54) is 30.6 Å². The van der Waals surface area contributed by atoms with Crippen LogP contribution in [0.4, 0.5) is 4.79 Å². The molecule has 3 rings (SSSR count). The van der Waals surface area contributed by atoms with E-state index < -0.39 is 23.6 Å². The van der Waals surface area contributed by atoms with Gasteiger partial charge >= 0.3 is 12.1 Å². The Bertz CT molecular complexity index is 1360. The van der Waals surface area contributed by atoms with Gasteiger partial charge in [0.1, 0.15) is 21.9 Å². The van der Waals surface area contributed by atoms with Gasteiger partial charge in [0.15, 0.2) is 11.5 Å². The fourth-order valence-corrected chi connectivity index (χ4v) is 4.35. The molecule has 0 spiro atoms. The molecule has 1 heterocycles. The second kappa shape index (κ2) is 12.5. The largest absolute Gasteiger partial charge is 0.495 e. The number of carboxylic acid groups (broad SMARTS) is 1. The van der Waals surface area contributed by atoms with Gasteiger partial charge in [0.25, 0.3) is 5.91 Å². The monoisotopic (exact) mass is 557 g/mol. The molecule has 11 nitrogen and oxygen atoms in total. The maximum atomic E-state index is 13.0. The van der Waals surface area contributed by atoms with Crippen LogP contribution in [0.15, 0.2) is 35.7 Å². The highest BCUT2D eigenvalue weighted by Crippen LogP contribution is 2.37. The number of carbonyl (C=O) groups excluding carboxylic acids is 2. The van der Waals surface area contributed by atoms with Crippen molar-refractivity contribution in [2.75, 3.05) is 20.3 Å². The number of hydrazine groups is 1. The first-order valence-electron chi connectivity index (χ1n) is 12.1. The molecule has 3 aromatic rings. The summed E-state index contributed by atoms with van der Waals surface area (Å²) in [4.78, 5) is 41.6. The van der Waals surface area contributed by atoms with Crippen LogP contribution in [0.5, 0.6) is 17.2 Å². The minimum Gasteiger partial charge on any atom is -0.495 e. The smallest absolute Gasteiger partial charge is 0.426 e. The minimum absolute atomic E-state index is 0.113. The number of nitrogens with zero attached hydrogens (tertiary/aromatic N) is 1. The molecule has 39 heavy (non-hydrogen) atoms. The summed E-state index contributed by atoms with van der Waals surface area (Å²) in [6.45, 7) is 9.74. The predicted molar refractivity (Wildman–Crippen MR) is 146 cm³/mol. The summed E-state index contributed by atoms with van der Waals surface area (Å²) in [5.41, 5.74) is 4.84. The van der Waals surface area contributed by atoms with Crippen molar-refractivity contribution in [3.8, 4) is 39.1 Å². The van der Waals surface area contributed by atoms with Gasteiger partial charge in [0.05, 0.1) is 31.6 Å². The Morgan fingerprint density at radius 1 is 0.949 bits per heavy atom. The van der Waals surface area contributed by atoms with Crippen molar-refractivity contribution < 1.29 is 38.4 Å². The molecule has 0 saturated heterocycles. The summed E-state index contributed by atoms with van der Waals surface area (Å²) < 4.78 is 21.7. The van der Waals surface area contributed by atoms with Crippen LogP contribution >= 0.6 is 11.3 Å². The van der Waals surface area contributed by atoms with E-state index in [2.05, 4.69) is 15.8 Å². The Morgan fingerprint density at radius 3 is 2.23 bits per heavy atom. The van der Waals surface area contributed by atoms with E-state index >= 15 is 0 Å². The zero-order chi connectivity index (χ0) is 28.7. The average molecular weight is 558 g/mol. The van der Waals surface area contributed by atoms with E-state index in [0.717, 1.165) is 5.56 Å². The van der Waals surface area contributed by atoms with Gasteiger partial charge in [-0.05, 0) is 65.0 Å². The molecule has 0 aliphatic heterocycles. The van der Waals surface area contributed by atoms with Crippen molar-refractivity contribution >= 4 is 29.3 Å². The standard InChI is InChI=1S/C27H31N3O8S/c1-7-36-20-10-9-15(13-21(20)37-8-2)24-28-19(14-39-24)16-11-17(22(35-6)18(12-16)25(32)33)23(31)29-30-26(34)38-27(3,4)5/h9-14H,7-8H2,1-6H3,(H,29,31)(H,30,34)(H,32,33). The SMILES string of the molecule is CCOc1ccc(-c2nc(-c3cc(C(=O)O)c(OC)c(C(=O)NNC(=O)OC(C)(C)C)c3)cs2)cc1OCC. The summed E-state index contributed by atoms with van der Waals surface area (Å²) in [5, 5.41) is 12.2. The maximum absolute atomic E-state index is 13.0. The van der Waals surface area contributed by atoms with Gasteiger partial charge in [-0.3, -0.25) is 10.2 Å². The third-order valence-corrected chi connectivity index (χ3v) is 5.93. The van der Waals surface area contributed by atoms with Gasteiger partial charge in [0, 0.05) is 16.5 Å². The van der Waals surface area contributed by atoms with Gasteiger partial charge in [-0.1, -0.05) is 0 Å². The first-order chi connectivity index (χ1) is 18.5. The highest BCUT2D eigenvalue weighted by atomic mass is 32.1. The van der Waals surface area contributed by atoms with Crippen molar-refractivity contribution in [1.29, 1.82) is 0 Å². The quantitative estimate of drug-likeness (QED) is 0.304. The number of aromatic nitrogens is 1. The Morgan fingerprint density at radius 2 is 1.62 bits per heavy atom. The van der Waals surface area contributed by atoms with Crippen molar-refractivity contribution in [3.63, 3.8) is 0 Å². The van der Waals surface area contributed by atoms with Crippen LogP contribution in [-0.2, 0) is 4.74 Å². The van der Waals surface area contributed by atoms with Gasteiger partial charge in [0.2, 0.25) is 0 Å². The Kier molecular flexibility index (Phi) is 9.36. The summed E-state index contributed by atoms with van der Waals surface area (Å²) in [7, 11) is 1.25. The number of nitrogens with one attached hydrogen (secondary N) is 2. The molecule has 3 N–H and O–H groups in total. The summed E-state index contributed by atoms with van der Waals surface area (Å²) in [6.07, 6.45) is -0.879. The Labute approximate surface area is 230 Å². The first-order valence-corrected chi connectivity index (χ1v) is 13.0. The number of thiazole rings is 1. The molecule has 0 unspecified atom stereocenters. The number of hydrogen-bond acceptors (Lipinski definition) is 9. The lowest BCUT2D eigenvalue weighted by Crippen LogP contribution is -2.44. The van der Waals surface area contributed by atoms with Crippen LogP contribution in [0, 0.1) is 0 Å². The number of carbonyl (C=O) groups is 3. The number of hydrogen-bond donors (Lipinski definition) is 3. The van der Waals surface area contributed by atoms with Crippen molar-refractivity contribution in [3.05, 3.63) is 46.8 Å². The lowest BCUT2D eigenvalue weighted by molar-refractivity contribution is 0.0482. The van der Waals surface area contributed by atoms with Gasteiger partial charge in [-0.2, -0.15) is 0 Å². The molecule has 2 amide bonds. The Hall–Kier alpha value is -4.32. The van der Waals surface area contributed by atoms with E-state index in [9.17, 15) is 19.5 Å². The molecular weight excluding hydrogens is 526 g/mol. The fourth-order valence-electron chi connectivity index (χ4n) is 3.53. The number of ether oxygens (including phenoxy) is 4. The number of methoxy groups -OCH3 is 1. The summed E-state index contributed by atoms with van der Waals surface area (Å²) in [6, 6.07) is 8.31. The molecule has 0 fully saturated rings. The molecule has 208 valence electrons. The van der Waals surface area contributed by atoms with E-state index in [1.807, 2.05) is 26.0 Å². The van der Waals surface area contributed by atoms with Crippen LogP contribution in [0.25, 0.3) is 21.8 Å². The minimum atomic E-state index is -1.30. The molecule has 1 aromatic heterocycles. The molecule has 0 atom stereocenters. The van der Waals surface area contributed by atoms with E-state index in [1.54, 1.807) is 32.2 Å². The molecule has 2 aromatic carbocycles. The maximum Gasteiger partial charge on any atom is 0.426 e. The first kappa shape index (κ1) is 29.2. The van der Waals surface area contributed by atoms with Crippen LogP contribution in [0.1, 0.15) is 55.3 Å². The fraction of sp³-hybridized carbons (Fsp3) is 0.333. The third-order valence-electron chi connectivity index (χ3n) is 5.04. The van der Waals surface area contributed by atoms with Crippen LogP contribution in [-0.4, -0.2) is 54.0 Å². The van der Waals surface area contributed by atoms with Gasteiger partial charge in [-0.25, -0.2) is 20.0 Å². The molecule has 12 heteroatoms. The number of amides is 2. The number of benzene rings is 2. The lowest BCUT2D eigenvalue weighted by Gasteiger charge is -2.20. The van der Waals surface area contributed by atoms with Crippen LogP contribution in [0.2, 0.25) is 0 Å². The normalized spacial score (nSPS) is 10.9. The summed E-state index contributed by atoms with van der Waals surface area (Å²) in [5.74, 6) is -1.06. The zero-order valence-corrected chi connectivity index (χ0v) is 23.4. The average Bonchev–Trinajstić information content (AvgIpc) is 3.37. The van der Waals surface area contributed by atoms with E-state index in [-0.39, 0.29) is 16.9 Å². The molecule has 0 aliphatic carbocycles. The molecule has 0 aliphatic rings. The second-order valence-electron chi connectivity index (χ2n) is 9.06. The summed E-state index contributed by atoms with van der Waals surface area (Å²) >= 11 is 1.34.